The van der Waals surface area contributed by atoms with Crippen molar-refractivity contribution in [3.8, 4) is 5.75 Å². The number of methoxy groups -OCH3 is 1. The molecule has 1 aromatic rings. The number of Topliss-reactive ketones (excluding diaryl/α,β-unsaturated/α-hetero) is 1. The molecule has 5 nitrogen and oxygen atoms in total. The van der Waals surface area contributed by atoms with Crippen LogP contribution in [0.5, 0.6) is 5.75 Å². The maximum atomic E-state index is 12.5. The summed E-state index contributed by atoms with van der Waals surface area (Å²) in [6, 6.07) is 7.33. The zero-order valence-electron chi connectivity index (χ0n) is 13.8. The van der Waals surface area contributed by atoms with Crippen molar-refractivity contribution in [2.45, 2.75) is 32.2 Å². The van der Waals surface area contributed by atoms with Crippen LogP contribution in [-0.4, -0.2) is 49.4 Å². The highest BCUT2D eigenvalue weighted by molar-refractivity contribution is 6.02. The molecule has 2 rings (SSSR count). The Bertz CT molecular complexity index is 563. The Morgan fingerprint density at radius 3 is 2.36 bits per heavy atom. The number of nitrogens with zero attached hydrogens (tertiary/aromatic N) is 2. The van der Waals surface area contributed by atoms with Gasteiger partial charge < -0.3 is 9.64 Å². The van der Waals surface area contributed by atoms with Gasteiger partial charge in [0.2, 0.25) is 5.91 Å². The van der Waals surface area contributed by atoms with E-state index in [9.17, 15) is 9.59 Å². The summed E-state index contributed by atoms with van der Waals surface area (Å²) < 4.78 is 5.25. The van der Waals surface area contributed by atoms with E-state index >= 15 is 0 Å². The highest BCUT2D eigenvalue weighted by Crippen LogP contribution is 2.35. The maximum Gasteiger partial charge on any atom is 0.224 e. The predicted molar refractivity (Wildman–Crippen MR) is 86.3 cm³/mol. The van der Waals surface area contributed by atoms with E-state index in [4.69, 9.17) is 4.74 Å². The third-order valence-corrected chi connectivity index (χ3v) is 4.52. The molecule has 0 spiro atoms. The van der Waals surface area contributed by atoms with E-state index < -0.39 is 5.54 Å². The smallest absolute Gasteiger partial charge is 0.224 e. The van der Waals surface area contributed by atoms with Gasteiger partial charge in [0, 0.05) is 31.8 Å². The molecule has 0 aromatic heterocycles. The summed E-state index contributed by atoms with van der Waals surface area (Å²) in [5, 5.41) is 0. The first-order valence-corrected chi connectivity index (χ1v) is 7.55. The molecule has 1 heterocycles. The van der Waals surface area contributed by atoms with Crippen LogP contribution in [0.2, 0.25) is 0 Å². The van der Waals surface area contributed by atoms with Gasteiger partial charge in [-0.05, 0) is 38.9 Å². The van der Waals surface area contributed by atoms with Crippen LogP contribution in [0.4, 0.5) is 5.69 Å². The lowest BCUT2D eigenvalue weighted by molar-refractivity contribution is -0.128. The standard InChI is InChI=1S/C17H24N2O3/c1-13(20)17(8-10-18(3)11-9-17)19(14(2)21)15-6-5-7-16(12-15)22-4/h5-7,12H,8-11H2,1-4H3. The second-order valence-electron chi connectivity index (χ2n) is 5.95. The summed E-state index contributed by atoms with van der Waals surface area (Å²) >= 11 is 0. The average molecular weight is 304 g/mol. The largest absolute Gasteiger partial charge is 0.497 e. The topological polar surface area (TPSA) is 49.9 Å². The van der Waals surface area contributed by atoms with Crippen molar-refractivity contribution in [3.63, 3.8) is 0 Å². The van der Waals surface area contributed by atoms with E-state index in [-0.39, 0.29) is 11.7 Å². The highest BCUT2D eigenvalue weighted by atomic mass is 16.5. The lowest BCUT2D eigenvalue weighted by Crippen LogP contribution is -2.61. The van der Waals surface area contributed by atoms with Gasteiger partial charge in [-0.15, -0.1) is 0 Å². The van der Waals surface area contributed by atoms with E-state index in [0.717, 1.165) is 13.1 Å². The Morgan fingerprint density at radius 2 is 1.86 bits per heavy atom. The van der Waals surface area contributed by atoms with E-state index in [0.29, 0.717) is 24.3 Å². The minimum atomic E-state index is -0.759. The first-order valence-electron chi connectivity index (χ1n) is 7.55. The van der Waals surface area contributed by atoms with Gasteiger partial charge in [-0.25, -0.2) is 0 Å². The van der Waals surface area contributed by atoms with Crippen LogP contribution in [0.15, 0.2) is 24.3 Å². The number of benzene rings is 1. The van der Waals surface area contributed by atoms with Gasteiger partial charge in [-0.2, -0.15) is 0 Å². The highest BCUT2D eigenvalue weighted by Gasteiger charge is 2.45. The van der Waals surface area contributed by atoms with Crippen LogP contribution in [0.3, 0.4) is 0 Å². The number of hydrogen-bond donors (Lipinski definition) is 0. The third-order valence-electron chi connectivity index (χ3n) is 4.52. The first-order chi connectivity index (χ1) is 10.4. The number of amides is 1. The fraction of sp³-hybridized carbons (Fsp3) is 0.529. The molecule has 1 aliphatic rings. The fourth-order valence-electron chi connectivity index (χ4n) is 3.20. The lowest BCUT2D eigenvalue weighted by atomic mass is 9.81. The number of hydrogen-bond acceptors (Lipinski definition) is 4. The molecule has 0 N–H and O–H groups in total. The van der Waals surface area contributed by atoms with Crippen LogP contribution < -0.4 is 9.64 Å². The Labute approximate surface area is 131 Å². The molecular formula is C17H24N2O3. The van der Waals surface area contributed by atoms with Crippen LogP contribution >= 0.6 is 0 Å². The zero-order chi connectivity index (χ0) is 16.3. The van der Waals surface area contributed by atoms with Gasteiger partial charge in [0.05, 0.1) is 7.11 Å². The molecule has 0 bridgehead atoms. The molecule has 0 saturated carbocycles. The molecule has 1 saturated heterocycles. The second-order valence-corrected chi connectivity index (χ2v) is 5.95. The summed E-state index contributed by atoms with van der Waals surface area (Å²) in [7, 11) is 3.63. The molecule has 120 valence electrons. The van der Waals surface area contributed by atoms with Gasteiger partial charge >= 0.3 is 0 Å². The van der Waals surface area contributed by atoms with Crippen molar-refractivity contribution in [2.24, 2.45) is 0 Å². The maximum absolute atomic E-state index is 12.5. The lowest BCUT2D eigenvalue weighted by Gasteiger charge is -2.46. The Balaban J connectivity index is 2.48. The van der Waals surface area contributed by atoms with Gasteiger partial charge in [0.25, 0.3) is 0 Å². The quantitative estimate of drug-likeness (QED) is 0.855. The number of anilines is 1. The molecule has 0 radical (unpaired) electrons. The zero-order valence-corrected chi connectivity index (χ0v) is 13.8. The molecule has 1 aliphatic heterocycles. The van der Waals surface area contributed by atoms with Crippen molar-refractivity contribution in [2.75, 3.05) is 32.1 Å². The molecule has 0 aliphatic carbocycles. The van der Waals surface area contributed by atoms with Crippen LogP contribution in [-0.2, 0) is 9.59 Å². The minimum absolute atomic E-state index is 0.0404. The Morgan fingerprint density at radius 1 is 1.23 bits per heavy atom. The molecule has 5 heteroatoms. The Kier molecular flexibility index (Phi) is 4.86. The number of likely N-dealkylation sites (tertiary alicyclic amines) is 1. The third kappa shape index (κ3) is 2.99. The first kappa shape index (κ1) is 16.5. The molecule has 22 heavy (non-hydrogen) atoms. The monoisotopic (exact) mass is 304 g/mol. The summed E-state index contributed by atoms with van der Waals surface area (Å²) in [5.41, 5.74) is -0.0448. The number of piperidine rings is 1. The molecule has 1 amide bonds. The summed E-state index contributed by atoms with van der Waals surface area (Å²) in [6.45, 7) is 4.70. The molecule has 1 fully saturated rings. The van der Waals surface area contributed by atoms with Gasteiger partial charge in [-0.1, -0.05) is 6.07 Å². The van der Waals surface area contributed by atoms with E-state index in [1.807, 2.05) is 31.3 Å². The summed E-state index contributed by atoms with van der Waals surface area (Å²) in [6.07, 6.45) is 1.30. The Hall–Kier alpha value is -1.88. The van der Waals surface area contributed by atoms with E-state index in [1.165, 1.54) is 6.92 Å². The van der Waals surface area contributed by atoms with Crippen LogP contribution in [0, 0.1) is 0 Å². The number of carbonyl (C=O) groups is 2. The molecular weight excluding hydrogens is 280 g/mol. The number of ketones is 1. The minimum Gasteiger partial charge on any atom is -0.497 e. The van der Waals surface area contributed by atoms with Gasteiger partial charge in [0.15, 0.2) is 5.78 Å². The van der Waals surface area contributed by atoms with Gasteiger partial charge in [0.1, 0.15) is 11.3 Å². The van der Waals surface area contributed by atoms with Crippen molar-refractivity contribution in [1.29, 1.82) is 0 Å². The van der Waals surface area contributed by atoms with Crippen molar-refractivity contribution < 1.29 is 14.3 Å². The summed E-state index contributed by atoms with van der Waals surface area (Å²) in [5.74, 6) is 0.599. The van der Waals surface area contributed by atoms with Crippen molar-refractivity contribution in [1.82, 2.24) is 4.90 Å². The average Bonchev–Trinajstić information content (AvgIpc) is 2.49. The predicted octanol–water partition coefficient (Wildman–Crippen LogP) is 2.10. The molecule has 1 aromatic carbocycles. The second kappa shape index (κ2) is 6.48. The van der Waals surface area contributed by atoms with E-state index in [1.54, 1.807) is 18.9 Å². The molecule has 0 unspecified atom stereocenters. The van der Waals surface area contributed by atoms with Crippen molar-refractivity contribution >= 4 is 17.4 Å². The number of rotatable bonds is 4. The van der Waals surface area contributed by atoms with Gasteiger partial charge in [-0.3, -0.25) is 14.5 Å². The SMILES string of the molecule is COc1cccc(N(C(C)=O)C2(C(C)=O)CCN(C)CC2)c1. The normalized spacial score (nSPS) is 17.8. The van der Waals surface area contributed by atoms with Crippen LogP contribution in [0.25, 0.3) is 0 Å². The fourth-order valence-corrected chi connectivity index (χ4v) is 3.20. The molecule has 0 atom stereocenters. The van der Waals surface area contributed by atoms with Crippen molar-refractivity contribution in [3.05, 3.63) is 24.3 Å². The summed E-state index contributed by atoms with van der Waals surface area (Å²) in [4.78, 5) is 28.7. The number of carbonyl (C=O) groups excluding carboxylic acids is 2. The van der Waals surface area contributed by atoms with Crippen LogP contribution in [0.1, 0.15) is 26.7 Å². The number of ether oxygens (including phenoxy) is 1. The van der Waals surface area contributed by atoms with E-state index in [2.05, 4.69) is 4.90 Å².